The summed E-state index contributed by atoms with van der Waals surface area (Å²) in [4.78, 5) is 2.54. The van der Waals surface area contributed by atoms with Gasteiger partial charge in [-0.05, 0) is 99.7 Å². The van der Waals surface area contributed by atoms with E-state index in [1.165, 1.54) is 49.8 Å². The Balaban J connectivity index is 2.68. The Bertz CT molecular complexity index is 882. The van der Waals surface area contributed by atoms with Gasteiger partial charge in [-0.3, -0.25) is 0 Å². The van der Waals surface area contributed by atoms with Gasteiger partial charge in [-0.2, -0.15) is 0 Å². The Morgan fingerprint density at radius 2 is 1.00 bits per heavy atom. The number of fused-ring (bicyclic) bond motifs is 3. The van der Waals surface area contributed by atoms with Crippen molar-refractivity contribution in [3.8, 4) is 0 Å². The summed E-state index contributed by atoms with van der Waals surface area (Å²) >= 11 is 0. The van der Waals surface area contributed by atoms with Crippen LogP contribution in [0, 0.1) is 41.5 Å². The number of nitrogens with zero attached hydrogens (tertiary/aromatic N) is 1. The van der Waals surface area contributed by atoms with Crippen LogP contribution in [0.1, 0.15) is 66.6 Å². The largest absolute Gasteiger partial charge is 0.368 e. The molecule has 0 fully saturated rings. The highest BCUT2D eigenvalue weighted by Gasteiger charge is 2.51. The summed E-state index contributed by atoms with van der Waals surface area (Å²) in [6.45, 7) is 23.4. The average Bonchev–Trinajstić information content (AvgIpc) is 2.64. The molecule has 0 amide bonds. The summed E-state index contributed by atoms with van der Waals surface area (Å²) < 4.78 is 0. The predicted octanol–water partition coefficient (Wildman–Crippen LogP) is 6.20. The summed E-state index contributed by atoms with van der Waals surface area (Å²) in [7, 11) is 2.28. The molecule has 0 N–H and O–H groups in total. The first-order valence-corrected chi connectivity index (χ1v) is 9.14. The SMILES string of the molecule is Cc1c(C)c(C)c2c3c(c(C)c(C)c2c1C)C(C)(C)C(C)(C)N3C. The lowest BCUT2D eigenvalue weighted by Crippen LogP contribution is -2.49. The third-order valence-corrected chi connectivity index (χ3v) is 7.80. The zero-order valence-electron chi connectivity index (χ0n) is 17.4. The number of aryl methyl sites for hydroxylation is 3. The van der Waals surface area contributed by atoms with E-state index < -0.39 is 0 Å². The maximum atomic E-state index is 2.54. The normalized spacial score (nSPS) is 18.4. The van der Waals surface area contributed by atoms with Gasteiger partial charge < -0.3 is 4.90 Å². The molecule has 0 aromatic heterocycles. The van der Waals surface area contributed by atoms with Crippen LogP contribution in [-0.2, 0) is 5.41 Å². The number of hydrogen-bond donors (Lipinski definition) is 0. The van der Waals surface area contributed by atoms with Crippen molar-refractivity contribution in [2.45, 2.75) is 80.2 Å². The highest BCUT2D eigenvalue weighted by Crippen LogP contribution is 2.56. The molecule has 0 radical (unpaired) electrons. The van der Waals surface area contributed by atoms with Crippen molar-refractivity contribution in [2.24, 2.45) is 0 Å². The van der Waals surface area contributed by atoms with Gasteiger partial charge in [0.25, 0.3) is 0 Å². The van der Waals surface area contributed by atoms with Crippen LogP contribution >= 0.6 is 0 Å². The summed E-state index contributed by atoms with van der Waals surface area (Å²) in [5, 5.41) is 2.96. The van der Waals surface area contributed by atoms with Gasteiger partial charge in [-0.1, -0.05) is 13.8 Å². The molecule has 1 heteroatoms. The van der Waals surface area contributed by atoms with Gasteiger partial charge in [0.15, 0.2) is 0 Å². The van der Waals surface area contributed by atoms with E-state index in [2.05, 4.69) is 81.2 Å². The van der Waals surface area contributed by atoms with Crippen LogP contribution in [0.3, 0.4) is 0 Å². The maximum absolute atomic E-state index is 2.54. The zero-order chi connectivity index (χ0) is 18.4. The van der Waals surface area contributed by atoms with Crippen molar-refractivity contribution in [1.29, 1.82) is 0 Å². The fraction of sp³-hybridized carbons (Fsp3) is 0.565. The zero-order valence-corrected chi connectivity index (χ0v) is 17.4. The van der Waals surface area contributed by atoms with Gasteiger partial charge in [0.1, 0.15) is 0 Å². The Morgan fingerprint density at radius 1 is 0.583 bits per heavy atom. The van der Waals surface area contributed by atoms with Gasteiger partial charge in [-0.25, -0.2) is 0 Å². The molecule has 1 aliphatic heterocycles. The van der Waals surface area contributed by atoms with Crippen molar-refractivity contribution in [3.63, 3.8) is 0 Å². The third kappa shape index (κ3) is 1.71. The van der Waals surface area contributed by atoms with Gasteiger partial charge in [0, 0.05) is 29.1 Å². The van der Waals surface area contributed by atoms with Gasteiger partial charge in [0.05, 0.1) is 0 Å². The van der Waals surface area contributed by atoms with E-state index >= 15 is 0 Å². The van der Waals surface area contributed by atoms with E-state index in [4.69, 9.17) is 0 Å². The van der Waals surface area contributed by atoms with Crippen LogP contribution < -0.4 is 4.90 Å². The predicted molar refractivity (Wildman–Crippen MR) is 108 cm³/mol. The first kappa shape index (κ1) is 17.3. The second-order valence-corrected chi connectivity index (χ2v) is 8.97. The summed E-state index contributed by atoms with van der Waals surface area (Å²) in [5.74, 6) is 0. The van der Waals surface area contributed by atoms with E-state index in [9.17, 15) is 0 Å². The molecule has 1 heterocycles. The van der Waals surface area contributed by atoms with E-state index in [-0.39, 0.29) is 11.0 Å². The lowest BCUT2D eigenvalue weighted by atomic mass is 9.70. The van der Waals surface area contributed by atoms with E-state index in [1.54, 1.807) is 5.56 Å². The minimum Gasteiger partial charge on any atom is -0.368 e. The Kier molecular flexibility index (Phi) is 3.45. The van der Waals surface area contributed by atoms with Crippen LogP contribution in [0.5, 0.6) is 0 Å². The standard InChI is InChI=1S/C23H33N/c1-12-13(2)15(4)19-18(14(12)3)16(5)17(6)20-21(19)24(11)23(9,10)22(20,7)8/h1-11H3. The number of rotatable bonds is 0. The molecule has 1 aliphatic rings. The summed E-state index contributed by atoms with van der Waals surface area (Å²) in [5.41, 5.74) is 12.0. The molecular weight excluding hydrogens is 290 g/mol. The van der Waals surface area contributed by atoms with Crippen molar-refractivity contribution in [1.82, 2.24) is 0 Å². The highest BCUT2D eigenvalue weighted by molar-refractivity contribution is 6.06. The molecule has 2 aromatic carbocycles. The number of likely N-dealkylation sites (N-methyl/N-ethyl adjacent to an activating group) is 1. The van der Waals surface area contributed by atoms with Crippen LogP contribution in [0.2, 0.25) is 0 Å². The van der Waals surface area contributed by atoms with Crippen molar-refractivity contribution in [3.05, 3.63) is 38.9 Å². The molecule has 2 aromatic rings. The molecule has 0 bridgehead atoms. The lowest BCUT2D eigenvalue weighted by Gasteiger charge is -2.41. The van der Waals surface area contributed by atoms with Gasteiger partial charge in [-0.15, -0.1) is 0 Å². The first-order chi connectivity index (χ1) is 10.9. The second-order valence-electron chi connectivity index (χ2n) is 8.97. The summed E-state index contributed by atoms with van der Waals surface area (Å²) in [6, 6.07) is 0. The third-order valence-electron chi connectivity index (χ3n) is 7.80. The Labute approximate surface area is 148 Å². The number of benzene rings is 2. The van der Waals surface area contributed by atoms with Gasteiger partial charge >= 0.3 is 0 Å². The molecule has 3 rings (SSSR count). The fourth-order valence-corrected chi connectivity index (χ4v) is 4.86. The van der Waals surface area contributed by atoms with Crippen LogP contribution in [0.15, 0.2) is 0 Å². The smallest absolute Gasteiger partial charge is 0.0492 e. The molecule has 0 atom stereocenters. The highest BCUT2D eigenvalue weighted by atomic mass is 15.2. The van der Waals surface area contributed by atoms with Crippen molar-refractivity contribution >= 4 is 16.5 Å². The topological polar surface area (TPSA) is 3.24 Å². The lowest BCUT2D eigenvalue weighted by molar-refractivity contribution is 0.321. The molecule has 0 spiro atoms. The van der Waals surface area contributed by atoms with E-state index in [0.29, 0.717) is 0 Å². The van der Waals surface area contributed by atoms with E-state index in [1.807, 2.05) is 0 Å². The molecule has 130 valence electrons. The summed E-state index contributed by atoms with van der Waals surface area (Å²) in [6.07, 6.45) is 0. The van der Waals surface area contributed by atoms with Crippen LogP contribution in [0.4, 0.5) is 5.69 Å². The minimum atomic E-state index is 0.0972. The van der Waals surface area contributed by atoms with E-state index in [0.717, 1.165) is 0 Å². The average molecular weight is 324 g/mol. The number of anilines is 1. The second kappa shape index (κ2) is 4.77. The van der Waals surface area contributed by atoms with Crippen LogP contribution in [-0.4, -0.2) is 12.6 Å². The van der Waals surface area contributed by atoms with Gasteiger partial charge in [0.2, 0.25) is 0 Å². The van der Waals surface area contributed by atoms with Crippen molar-refractivity contribution < 1.29 is 0 Å². The molecule has 0 aliphatic carbocycles. The molecule has 0 saturated carbocycles. The molecule has 24 heavy (non-hydrogen) atoms. The molecule has 0 saturated heterocycles. The fourth-order valence-electron chi connectivity index (χ4n) is 4.86. The molecule has 0 unspecified atom stereocenters. The quantitative estimate of drug-likeness (QED) is 0.558. The first-order valence-electron chi connectivity index (χ1n) is 9.14. The van der Waals surface area contributed by atoms with Crippen molar-refractivity contribution in [2.75, 3.05) is 11.9 Å². The Morgan fingerprint density at radius 3 is 1.50 bits per heavy atom. The molecule has 1 nitrogen and oxygen atoms in total. The van der Waals surface area contributed by atoms with Crippen LogP contribution in [0.25, 0.3) is 10.8 Å². The minimum absolute atomic E-state index is 0.0972. The Hall–Kier alpha value is -1.50. The maximum Gasteiger partial charge on any atom is 0.0492 e. The number of hydrogen-bond acceptors (Lipinski definition) is 1. The monoisotopic (exact) mass is 323 g/mol. The molecular formula is C23H33N.